The molecule has 0 spiro atoms. The van der Waals surface area contributed by atoms with Crippen molar-refractivity contribution in [1.82, 2.24) is 10.6 Å². The van der Waals surface area contributed by atoms with Crippen molar-refractivity contribution in [3.8, 4) is 0 Å². The molecule has 0 rings (SSSR count). The van der Waals surface area contributed by atoms with Gasteiger partial charge in [-0.2, -0.15) is 0 Å². The summed E-state index contributed by atoms with van der Waals surface area (Å²) in [5, 5.41) is 13.9. The predicted molar refractivity (Wildman–Crippen MR) is 70.3 cm³/mol. The van der Waals surface area contributed by atoms with Crippen molar-refractivity contribution in [3.05, 3.63) is 0 Å². The number of carbonyl (C=O) groups is 3. The van der Waals surface area contributed by atoms with Crippen molar-refractivity contribution in [2.24, 2.45) is 11.7 Å². The summed E-state index contributed by atoms with van der Waals surface area (Å²) < 4.78 is 0. The largest absolute Gasteiger partial charge is 0.480 e. The summed E-state index contributed by atoms with van der Waals surface area (Å²) in [6.07, 6.45) is 0.623. The Morgan fingerprint density at radius 2 is 1.63 bits per heavy atom. The van der Waals surface area contributed by atoms with Gasteiger partial charge < -0.3 is 21.5 Å². The van der Waals surface area contributed by atoms with E-state index in [0.717, 1.165) is 0 Å². The highest BCUT2D eigenvalue weighted by molar-refractivity contribution is 5.91. The van der Waals surface area contributed by atoms with Crippen molar-refractivity contribution in [2.75, 3.05) is 0 Å². The van der Waals surface area contributed by atoms with Gasteiger partial charge in [-0.25, -0.2) is 4.79 Å². The number of carboxylic acids is 1. The molecule has 0 aromatic heterocycles. The molecule has 0 aliphatic heterocycles. The van der Waals surface area contributed by atoms with Crippen molar-refractivity contribution < 1.29 is 19.5 Å². The van der Waals surface area contributed by atoms with Crippen LogP contribution in [0.5, 0.6) is 0 Å². The quantitative estimate of drug-likeness (QED) is 0.496. The first-order valence-electron chi connectivity index (χ1n) is 6.29. The number of amides is 2. The Hall–Kier alpha value is -1.63. The summed E-state index contributed by atoms with van der Waals surface area (Å²) in [6, 6.07) is -2.52. The Morgan fingerprint density at radius 3 is 2.00 bits per heavy atom. The lowest BCUT2D eigenvalue weighted by molar-refractivity contribution is -0.143. The SMILES string of the molecule is CC[C@H](C)[C@H](NC(=O)[C@H](C)NC(=O)[C@H](C)N)C(=O)O. The van der Waals surface area contributed by atoms with Gasteiger partial charge in [0.05, 0.1) is 6.04 Å². The molecule has 110 valence electrons. The summed E-state index contributed by atoms with van der Waals surface area (Å²) in [4.78, 5) is 34.2. The Bertz CT molecular complexity index is 344. The standard InChI is InChI=1S/C12H23N3O4/c1-5-6(2)9(12(18)19)15-11(17)8(4)14-10(16)7(3)13/h6-9H,5,13H2,1-4H3,(H,14,16)(H,15,17)(H,18,19)/t6-,7-,8-,9-/m0/s1. The van der Waals surface area contributed by atoms with Gasteiger partial charge in [-0.3, -0.25) is 9.59 Å². The minimum absolute atomic E-state index is 0.196. The fraction of sp³-hybridized carbons (Fsp3) is 0.750. The smallest absolute Gasteiger partial charge is 0.326 e. The van der Waals surface area contributed by atoms with Crippen molar-refractivity contribution in [2.45, 2.75) is 52.2 Å². The molecule has 7 nitrogen and oxygen atoms in total. The van der Waals surface area contributed by atoms with Crippen LogP contribution in [0.25, 0.3) is 0 Å². The topological polar surface area (TPSA) is 122 Å². The monoisotopic (exact) mass is 273 g/mol. The van der Waals surface area contributed by atoms with E-state index in [-0.39, 0.29) is 5.92 Å². The van der Waals surface area contributed by atoms with Crippen LogP contribution in [0.15, 0.2) is 0 Å². The first-order chi connectivity index (χ1) is 8.70. The van der Waals surface area contributed by atoms with Crippen LogP contribution < -0.4 is 16.4 Å². The lowest BCUT2D eigenvalue weighted by Gasteiger charge is -2.23. The first-order valence-corrected chi connectivity index (χ1v) is 6.29. The highest BCUT2D eigenvalue weighted by atomic mass is 16.4. The molecule has 0 radical (unpaired) electrons. The summed E-state index contributed by atoms with van der Waals surface area (Å²) in [6.45, 7) is 6.56. The van der Waals surface area contributed by atoms with Crippen LogP contribution >= 0.6 is 0 Å². The van der Waals surface area contributed by atoms with E-state index in [1.165, 1.54) is 13.8 Å². The van der Waals surface area contributed by atoms with Crippen LogP contribution in [0.2, 0.25) is 0 Å². The van der Waals surface area contributed by atoms with Gasteiger partial charge in [0.2, 0.25) is 11.8 Å². The van der Waals surface area contributed by atoms with Gasteiger partial charge in [0, 0.05) is 0 Å². The third kappa shape index (κ3) is 5.69. The van der Waals surface area contributed by atoms with Gasteiger partial charge >= 0.3 is 5.97 Å². The molecular weight excluding hydrogens is 250 g/mol. The maximum Gasteiger partial charge on any atom is 0.326 e. The van der Waals surface area contributed by atoms with E-state index in [0.29, 0.717) is 6.42 Å². The molecule has 0 saturated heterocycles. The minimum atomic E-state index is -1.09. The third-order valence-corrected chi connectivity index (χ3v) is 2.94. The van der Waals surface area contributed by atoms with Crippen LogP contribution in [0.1, 0.15) is 34.1 Å². The van der Waals surface area contributed by atoms with E-state index in [1.54, 1.807) is 6.92 Å². The van der Waals surface area contributed by atoms with Crippen LogP contribution in [-0.2, 0) is 14.4 Å². The number of nitrogens with one attached hydrogen (secondary N) is 2. The fourth-order valence-electron chi connectivity index (χ4n) is 1.37. The summed E-state index contributed by atoms with van der Waals surface area (Å²) in [5.74, 6) is -2.29. The van der Waals surface area contributed by atoms with Crippen molar-refractivity contribution in [3.63, 3.8) is 0 Å². The number of aliphatic carboxylic acids is 1. The maximum absolute atomic E-state index is 11.8. The zero-order valence-electron chi connectivity index (χ0n) is 11.8. The Balaban J connectivity index is 4.56. The molecule has 0 aliphatic rings. The molecule has 5 N–H and O–H groups in total. The summed E-state index contributed by atoms with van der Waals surface area (Å²) in [5.41, 5.74) is 5.37. The predicted octanol–water partition coefficient (Wildman–Crippen LogP) is -0.546. The van der Waals surface area contributed by atoms with Crippen LogP contribution in [0, 0.1) is 5.92 Å². The molecule has 0 unspecified atom stereocenters. The zero-order valence-corrected chi connectivity index (χ0v) is 11.8. The molecule has 0 fully saturated rings. The van der Waals surface area contributed by atoms with Crippen molar-refractivity contribution in [1.29, 1.82) is 0 Å². The van der Waals surface area contributed by atoms with E-state index in [1.807, 2.05) is 6.92 Å². The van der Waals surface area contributed by atoms with Crippen LogP contribution in [0.4, 0.5) is 0 Å². The van der Waals surface area contributed by atoms with E-state index in [9.17, 15) is 14.4 Å². The molecule has 0 saturated carbocycles. The van der Waals surface area contributed by atoms with Crippen molar-refractivity contribution >= 4 is 17.8 Å². The van der Waals surface area contributed by atoms with Gasteiger partial charge in [-0.05, 0) is 19.8 Å². The molecule has 0 heterocycles. The number of rotatable bonds is 7. The number of carbonyl (C=O) groups excluding carboxylic acids is 2. The molecular formula is C12H23N3O4. The van der Waals surface area contributed by atoms with Crippen LogP contribution in [0.3, 0.4) is 0 Å². The molecule has 0 aromatic rings. The lowest BCUT2D eigenvalue weighted by atomic mass is 9.99. The van der Waals surface area contributed by atoms with Gasteiger partial charge in [0.15, 0.2) is 0 Å². The Morgan fingerprint density at radius 1 is 1.11 bits per heavy atom. The number of hydrogen-bond acceptors (Lipinski definition) is 4. The van der Waals surface area contributed by atoms with Gasteiger partial charge in [0.25, 0.3) is 0 Å². The average molecular weight is 273 g/mol. The second-order valence-electron chi connectivity index (χ2n) is 4.73. The zero-order chi connectivity index (χ0) is 15.2. The average Bonchev–Trinajstić information content (AvgIpc) is 2.33. The first kappa shape index (κ1) is 17.4. The van der Waals surface area contributed by atoms with Crippen LogP contribution in [-0.4, -0.2) is 41.0 Å². The van der Waals surface area contributed by atoms with E-state index in [2.05, 4.69) is 10.6 Å². The highest BCUT2D eigenvalue weighted by Gasteiger charge is 2.27. The second kappa shape index (κ2) is 7.73. The summed E-state index contributed by atoms with van der Waals surface area (Å²) in [7, 11) is 0. The van der Waals surface area contributed by atoms with E-state index in [4.69, 9.17) is 10.8 Å². The van der Waals surface area contributed by atoms with E-state index < -0.39 is 35.9 Å². The van der Waals surface area contributed by atoms with Gasteiger partial charge in [-0.1, -0.05) is 20.3 Å². The van der Waals surface area contributed by atoms with E-state index >= 15 is 0 Å². The second-order valence-corrected chi connectivity index (χ2v) is 4.73. The normalized spacial score (nSPS) is 16.9. The molecule has 0 bridgehead atoms. The molecule has 19 heavy (non-hydrogen) atoms. The van der Waals surface area contributed by atoms with Gasteiger partial charge in [-0.15, -0.1) is 0 Å². The highest BCUT2D eigenvalue weighted by Crippen LogP contribution is 2.08. The Kier molecular flexibility index (Phi) is 7.06. The molecule has 7 heteroatoms. The molecule has 4 atom stereocenters. The third-order valence-electron chi connectivity index (χ3n) is 2.94. The van der Waals surface area contributed by atoms with Gasteiger partial charge in [0.1, 0.15) is 12.1 Å². The molecule has 0 aromatic carbocycles. The molecule has 2 amide bonds. The minimum Gasteiger partial charge on any atom is -0.480 e. The number of nitrogens with two attached hydrogens (primary N) is 1. The lowest BCUT2D eigenvalue weighted by Crippen LogP contribution is -2.54. The maximum atomic E-state index is 11.8. The molecule has 0 aliphatic carbocycles. The summed E-state index contributed by atoms with van der Waals surface area (Å²) >= 11 is 0. The number of hydrogen-bond donors (Lipinski definition) is 4. The Labute approximate surface area is 112 Å². The number of carboxylic acid groups (broad SMARTS) is 1. The fourth-order valence-corrected chi connectivity index (χ4v) is 1.37.